The van der Waals surface area contributed by atoms with Gasteiger partial charge in [-0.15, -0.1) is 0 Å². The van der Waals surface area contributed by atoms with Gasteiger partial charge in [-0.2, -0.15) is 4.31 Å². The number of H-pyrrole nitrogens is 2. The molecule has 0 bridgehead atoms. The summed E-state index contributed by atoms with van der Waals surface area (Å²) < 4.78 is 27.6. The average molecular weight is 441 g/mol. The predicted octanol–water partition coefficient (Wildman–Crippen LogP) is 1.47. The second-order valence-electron chi connectivity index (χ2n) is 7.53. The zero-order valence-electron chi connectivity index (χ0n) is 17.1. The van der Waals surface area contributed by atoms with Crippen molar-refractivity contribution in [3.8, 4) is 0 Å². The molecule has 3 aromatic rings. The summed E-state index contributed by atoms with van der Waals surface area (Å²) in [6.45, 7) is 2.93. The van der Waals surface area contributed by atoms with Gasteiger partial charge in [0.2, 0.25) is 10.0 Å². The molecule has 4 rings (SSSR count). The summed E-state index contributed by atoms with van der Waals surface area (Å²) >= 11 is 0. The minimum atomic E-state index is -4.03. The van der Waals surface area contributed by atoms with Crippen molar-refractivity contribution in [3.63, 3.8) is 0 Å². The number of benzene rings is 2. The van der Waals surface area contributed by atoms with Crippen molar-refractivity contribution in [2.45, 2.75) is 17.9 Å². The van der Waals surface area contributed by atoms with Crippen LogP contribution in [0.5, 0.6) is 0 Å². The predicted molar refractivity (Wildman–Crippen MR) is 117 cm³/mol. The van der Waals surface area contributed by atoms with Gasteiger partial charge in [0.15, 0.2) is 4.90 Å². The Balaban J connectivity index is 1.60. The fraction of sp³-hybridized carbons (Fsp3) is 0.273. The first-order chi connectivity index (χ1) is 14.9. The molecule has 31 heavy (non-hydrogen) atoms. The lowest BCUT2D eigenvalue weighted by atomic mass is 9.96. The zero-order chi connectivity index (χ0) is 22.0. The molecular weight excluding hydrogens is 416 g/mol. The minimum Gasteiger partial charge on any atom is -0.310 e. The maximum absolute atomic E-state index is 13.1. The quantitative estimate of drug-likeness (QED) is 0.625. The van der Waals surface area contributed by atoms with Crippen molar-refractivity contribution in [2.75, 3.05) is 26.2 Å². The van der Waals surface area contributed by atoms with Gasteiger partial charge in [-0.1, -0.05) is 60.7 Å². The molecule has 1 fully saturated rings. The summed E-state index contributed by atoms with van der Waals surface area (Å²) in [5, 5.41) is 0. The topological polar surface area (TPSA) is 106 Å². The van der Waals surface area contributed by atoms with Gasteiger partial charge < -0.3 is 4.98 Å². The number of hydrogen-bond donors (Lipinski definition) is 2. The van der Waals surface area contributed by atoms with Crippen molar-refractivity contribution in [1.29, 1.82) is 0 Å². The Hall–Kier alpha value is -3.01. The van der Waals surface area contributed by atoms with Crippen molar-refractivity contribution in [3.05, 3.63) is 98.3 Å². The van der Waals surface area contributed by atoms with Gasteiger partial charge in [0, 0.05) is 31.9 Å². The Bertz CT molecular complexity index is 1220. The van der Waals surface area contributed by atoms with Crippen LogP contribution in [0.15, 0.2) is 75.1 Å². The van der Waals surface area contributed by atoms with E-state index in [1.165, 1.54) is 11.2 Å². The molecule has 1 aliphatic rings. The highest BCUT2D eigenvalue weighted by Crippen LogP contribution is 2.30. The van der Waals surface area contributed by atoms with Gasteiger partial charge >= 0.3 is 5.69 Å². The number of nitrogens with zero attached hydrogens (tertiary/aromatic N) is 2. The Morgan fingerprint density at radius 3 is 1.81 bits per heavy atom. The number of aromatic amines is 2. The summed E-state index contributed by atoms with van der Waals surface area (Å²) in [5.41, 5.74) is 0.702. The zero-order valence-corrected chi connectivity index (χ0v) is 17.9. The highest BCUT2D eigenvalue weighted by atomic mass is 32.2. The second-order valence-corrected chi connectivity index (χ2v) is 9.40. The molecule has 2 aromatic carbocycles. The van der Waals surface area contributed by atoms with E-state index in [2.05, 4.69) is 34.1 Å². The Labute approximate surface area is 180 Å². The van der Waals surface area contributed by atoms with E-state index >= 15 is 0 Å². The number of aromatic nitrogens is 2. The Morgan fingerprint density at radius 1 is 0.806 bits per heavy atom. The van der Waals surface area contributed by atoms with Crippen LogP contribution in [0.4, 0.5) is 0 Å². The van der Waals surface area contributed by atoms with Gasteiger partial charge in [-0.3, -0.25) is 14.7 Å². The summed E-state index contributed by atoms with van der Waals surface area (Å²) in [6.07, 6.45) is 0. The molecule has 0 aliphatic carbocycles. The molecule has 0 spiro atoms. The third-order valence-electron chi connectivity index (χ3n) is 5.54. The van der Waals surface area contributed by atoms with Crippen LogP contribution in [-0.4, -0.2) is 53.8 Å². The standard InChI is InChI=1S/C22H24N4O4S/c1-16-20(21(27)24-22(28)23-16)31(29,30)26-14-12-25(13-15-26)19(17-8-4-2-5-9-17)18-10-6-3-7-11-18/h2-11,19H,12-15H2,1H3,(H2,23,24,27,28). The Kier molecular flexibility index (Phi) is 5.90. The first-order valence-electron chi connectivity index (χ1n) is 10.1. The first-order valence-corrected chi connectivity index (χ1v) is 11.5. The van der Waals surface area contributed by atoms with E-state index in [0.29, 0.717) is 13.1 Å². The molecule has 9 heteroatoms. The van der Waals surface area contributed by atoms with Crippen LogP contribution in [0.3, 0.4) is 0 Å². The Morgan fingerprint density at radius 2 is 1.32 bits per heavy atom. The number of sulfonamides is 1. The number of aryl methyl sites for hydroxylation is 1. The molecule has 0 unspecified atom stereocenters. The van der Waals surface area contributed by atoms with Gasteiger partial charge in [0.1, 0.15) is 0 Å². The maximum atomic E-state index is 13.1. The third kappa shape index (κ3) is 4.25. The highest BCUT2D eigenvalue weighted by molar-refractivity contribution is 7.89. The van der Waals surface area contributed by atoms with Crippen LogP contribution in [-0.2, 0) is 10.0 Å². The van der Waals surface area contributed by atoms with Crippen molar-refractivity contribution >= 4 is 10.0 Å². The fourth-order valence-corrected chi connectivity index (χ4v) is 5.74. The SMILES string of the molecule is Cc1[nH]c(=O)[nH]c(=O)c1S(=O)(=O)N1CCN(C(c2ccccc2)c2ccccc2)CC1. The monoisotopic (exact) mass is 440 g/mol. The van der Waals surface area contributed by atoms with E-state index < -0.39 is 26.2 Å². The summed E-state index contributed by atoms with van der Waals surface area (Å²) in [6, 6.07) is 20.2. The first kappa shape index (κ1) is 21.2. The van der Waals surface area contributed by atoms with Gasteiger partial charge in [0.25, 0.3) is 5.56 Å². The molecule has 8 nitrogen and oxygen atoms in total. The van der Waals surface area contributed by atoms with Crippen molar-refractivity contribution in [1.82, 2.24) is 19.2 Å². The van der Waals surface area contributed by atoms with Gasteiger partial charge in [-0.05, 0) is 18.1 Å². The third-order valence-corrected chi connectivity index (χ3v) is 7.59. The van der Waals surface area contributed by atoms with E-state index in [0.717, 1.165) is 11.1 Å². The number of nitrogens with one attached hydrogen (secondary N) is 2. The van der Waals surface area contributed by atoms with Crippen LogP contribution in [0, 0.1) is 6.92 Å². The van der Waals surface area contributed by atoms with E-state index in [1.54, 1.807) is 0 Å². The van der Waals surface area contributed by atoms with Crippen LogP contribution in [0.1, 0.15) is 22.9 Å². The fourth-order valence-electron chi connectivity index (χ4n) is 4.12. The molecule has 2 N–H and O–H groups in total. The van der Waals surface area contributed by atoms with E-state index in [9.17, 15) is 18.0 Å². The molecule has 2 heterocycles. The summed E-state index contributed by atoms with van der Waals surface area (Å²) in [7, 11) is -4.03. The van der Waals surface area contributed by atoms with Crippen molar-refractivity contribution < 1.29 is 8.42 Å². The van der Waals surface area contributed by atoms with E-state index in [-0.39, 0.29) is 24.8 Å². The van der Waals surface area contributed by atoms with Crippen LogP contribution in [0.2, 0.25) is 0 Å². The summed E-state index contributed by atoms with van der Waals surface area (Å²) in [5.74, 6) is 0. The maximum Gasteiger partial charge on any atom is 0.325 e. The molecule has 1 saturated heterocycles. The lowest BCUT2D eigenvalue weighted by Crippen LogP contribution is -2.50. The smallest absolute Gasteiger partial charge is 0.310 e. The average Bonchev–Trinajstić information content (AvgIpc) is 2.75. The molecule has 0 atom stereocenters. The van der Waals surface area contributed by atoms with Crippen LogP contribution < -0.4 is 11.2 Å². The van der Waals surface area contributed by atoms with Gasteiger partial charge in [-0.25, -0.2) is 13.2 Å². The molecule has 1 aromatic heterocycles. The lowest BCUT2D eigenvalue weighted by molar-refractivity contribution is 0.155. The van der Waals surface area contributed by atoms with Crippen molar-refractivity contribution in [2.24, 2.45) is 0 Å². The molecule has 1 aliphatic heterocycles. The largest absolute Gasteiger partial charge is 0.325 e. The lowest BCUT2D eigenvalue weighted by Gasteiger charge is -2.39. The van der Waals surface area contributed by atoms with E-state index in [1.807, 2.05) is 41.4 Å². The molecule has 0 saturated carbocycles. The molecule has 0 radical (unpaired) electrons. The molecular formula is C22H24N4O4S. The number of rotatable bonds is 5. The van der Waals surface area contributed by atoms with Crippen LogP contribution >= 0.6 is 0 Å². The highest BCUT2D eigenvalue weighted by Gasteiger charge is 2.34. The van der Waals surface area contributed by atoms with E-state index in [4.69, 9.17) is 0 Å². The summed E-state index contributed by atoms with van der Waals surface area (Å²) in [4.78, 5) is 29.9. The number of piperazine rings is 1. The van der Waals surface area contributed by atoms with Crippen LogP contribution in [0.25, 0.3) is 0 Å². The molecule has 0 amide bonds. The second kappa shape index (κ2) is 8.62. The number of hydrogen-bond acceptors (Lipinski definition) is 5. The minimum absolute atomic E-state index is 0.00507. The van der Waals surface area contributed by atoms with Gasteiger partial charge in [0.05, 0.1) is 6.04 Å². The normalized spacial score (nSPS) is 15.9. The molecule has 162 valence electrons.